The Balaban J connectivity index is 1.79. The highest BCUT2D eigenvalue weighted by atomic mass is 32.2. The van der Waals surface area contributed by atoms with E-state index in [1.165, 1.54) is 41.3 Å². The van der Waals surface area contributed by atoms with Crippen LogP contribution in [0.2, 0.25) is 0 Å². The minimum absolute atomic E-state index is 0.0428. The van der Waals surface area contributed by atoms with Gasteiger partial charge in [-0.25, -0.2) is 12.8 Å². The molecule has 0 aliphatic carbocycles. The van der Waals surface area contributed by atoms with Crippen LogP contribution in [0.4, 0.5) is 15.8 Å². The molecule has 0 saturated carbocycles. The standard InChI is InChI=1S/C18H17FN2O5S/c1-11-2-3-13(9-16(11)19)20-27(25,26)15-6-4-14(5-7-15)21-10-12(18(23)24)8-17(21)22/h2-7,9,12,20H,8,10H2,1H3,(H,23,24)/t12-/m1/s1. The summed E-state index contributed by atoms with van der Waals surface area (Å²) in [6.45, 7) is 1.61. The molecule has 1 fully saturated rings. The highest BCUT2D eigenvalue weighted by molar-refractivity contribution is 7.92. The zero-order valence-electron chi connectivity index (χ0n) is 14.3. The molecule has 3 rings (SSSR count). The van der Waals surface area contributed by atoms with Crippen molar-refractivity contribution in [3.63, 3.8) is 0 Å². The normalized spacial score (nSPS) is 17.2. The summed E-state index contributed by atoms with van der Waals surface area (Å²) in [5.74, 6) is -2.67. The van der Waals surface area contributed by atoms with Crippen molar-refractivity contribution in [3.05, 3.63) is 53.8 Å². The van der Waals surface area contributed by atoms with Crippen molar-refractivity contribution in [1.82, 2.24) is 0 Å². The molecule has 2 aromatic carbocycles. The van der Waals surface area contributed by atoms with Gasteiger partial charge in [0.15, 0.2) is 0 Å². The van der Waals surface area contributed by atoms with E-state index in [1.54, 1.807) is 6.92 Å². The lowest BCUT2D eigenvalue weighted by Crippen LogP contribution is -2.25. The van der Waals surface area contributed by atoms with Crippen LogP contribution in [-0.4, -0.2) is 31.9 Å². The van der Waals surface area contributed by atoms with Crippen molar-refractivity contribution in [2.24, 2.45) is 5.92 Å². The van der Waals surface area contributed by atoms with Gasteiger partial charge in [-0.1, -0.05) is 6.07 Å². The van der Waals surface area contributed by atoms with E-state index in [4.69, 9.17) is 5.11 Å². The van der Waals surface area contributed by atoms with Crippen molar-refractivity contribution in [3.8, 4) is 0 Å². The summed E-state index contributed by atoms with van der Waals surface area (Å²) < 4.78 is 40.8. The van der Waals surface area contributed by atoms with Crippen LogP contribution in [0.25, 0.3) is 0 Å². The Bertz CT molecular complexity index is 1000. The number of aryl methyl sites for hydroxylation is 1. The molecule has 1 atom stereocenters. The second-order valence-corrected chi connectivity index (χ2v) is 7.99. The number of carbonyl (C=O) groups is 2. The number of amides is 1. The molecule has 0 spiro atoms. The number of sulfonamides is 1. The highest BCUT2D eigenvalue weighted by Crippen LogP contribution is 2.27. The zero-order valence-corrected chi connectivity index (χ0v) is 15.2. The molecule has 0 radical (unpaired) electrons. The molecule has 0 aromatic heterocycles. The van der Waals surface area contributed by atoms with Gasteiger partial charge in [-0.2, -0.15) is 0 Å². The van der Waals surface area contributed by atoms with Crippen LogP contribution >= 0.6 is 0 Å². The molecule has 0 unspecified atom stereocenters. The number of halogens is 1. The number of hydrogen-bond donors (Lipinski definition) is 2. The van der Waals surface area contributed by atoms with Crippen molar-refractivity contribution in [2.45, 2.75) is 18.2 Å². The third kappa shape index (κ3) is 3.92. The average Bonchev–Trinajstić information content (AvgIpc) is 3.00. The topological polar surface area (TPSA) is 104 Å². The molecular formula is C18H17FN2O5S. The molecule has 7 nitrogen and oxygen atoms in total. The van der Waals surface area contributed by atoms with E-state index < -0.39 is 27.7 Å². The van der Waals surface area contributed by atoms with Gasteiger partial charge in [0.25, 0.3) is 10.0 Å². The summed E-state index contributed by atoms with van der Waals surface area (Å²) >= 11 is 0. The number of carboxylic acids is 1. The molecule has 1 heterocycles. The van der Waals surface area contributed by atoms with Crippen LogP contribution in [0.1, 0.15) is 12.0 Å². The number of hydrogen-bond acceptors (Lipinski definition) is 4. The first kappa shape index (κ1) is 18.8. The van der Waals surface area contributed by atoms with Gasteiger partial charge in [0.2, 0.25) is 5.91 Å². The fraction of sp³-hybridized carbons (Fsp3) is 0.222. The van der Waals surface area contributed by atoms with E-state index in [1.807, 2.05) is 0 Å². The maximum absolute atomic E-state index is 13.6. The molecule has 142 valence electrons. The average molecular weight is 392 g/mol. The van der Waals surface area contributed by atoms with Gasteiger partial charge < -0.3 is 10.0 Å². The second-order valence-electron chi connectivity index (χ2n) is 6.31. The third-order valence-corrected chi connectivity index (χ3v) is 5.75. The minimum Gasteiger partial charge on any atom is -0.481 e. The van der Waals surface area contributed by atoms with E-state index >= 15 is 0 Å². The zero-order chi connectivity index (χ0) is 19.8. The fourth-order valence-corrected chi connectivity index (χ4v) is 3.85. The summed E-state index contributed by atoms with van der Waals surface area (Å²) in [5.41, 5.74) is 0.919. The number of rotatable bonds is 5. The molecule has 0 bridgehead atoms. The third-order valence-electron chi connectivity index (χ3n) is 4.36. The van der Waals surface area contributed by atoms with Crippen LogP contribution in [-0.2, 0) is 19.6 Å². The van der Waals surface area contributed by atoms with Gasteiger partial charge in [-0.3, -0.25) is 14.3 Å². The summed E-state index contributed by atoms with van der Waals surface area (Å²) in [4.78, 5) is 24.3. The Kier molecular flexibility index (Phi) is 4.88. The largest absolute Gasteiger partial charge is 0.481 e. The molecule has 1 aliphatic rings. The Hall–Kier alpha value is -2.94. The number of nitrogens with one attached hydrogen (secondary N) is 1. The first-order chi connectivity index (χ1) is 12.7. The summed E-state index contributed by atoms with van der Waals surface area (Å²) in [6.07, 6.45) is -0.0874. The molecule has 1 aliphatic heterocycles. The van der Waals surface area contributed by atoms with Crippen molar-refractivity contribution >= 4 is 33.3 Å². The van der Waals surface area contributed by atoms with E-state index in [-0.39, 0.29) is 29.5 Å². The predicted octanol–water partition coefficient (Wildman–Crippen LogP) is 2.37. The lowest BCUT2D eigenvalue weighted by atomic mass is 10.1. The SMILES string of the molecule is Cc1ccc(NS(=O)(=O)c2ccc(N3C[C@H](C(=O)O)CC3=O)cc2)cc1F. The van der Waals surface area contributed by atoms with Gasteiger partial charge in [0.1, 0.15) is 5.82 Å². The number of aliphatic carboxylic acids is 1. The Morgan fingerprint density at radius 2 is 1.89 bits per heavy atom. The quantitative estimate of drug-likeness (QED) is 0.813. The number of anilines is 2. The fourth-order valence-electron chi connectivity index (χ4n) is 2.80. The maximum atomic E-state index is 13.6. The molecule has 27 heavy (non-hydrogen) atoms. The Morgan fingerprint density at radius 3 is 2.44 bits per heavy atom. The number of carbonyl (C=O) groups excluding carboxylic acids is 1. The van der Waals surface area contributed by atoms with Gasteiger partial charge in [0, 0.05) is 18.7 Å². The van der Waals surface area contributed by atoms with E-state index in [0.29, 0.717) is 11.3 Å². The van der Waals surface area contributed by atoms with Crippen LogP contribution in [0.5, 0.6) is 0 Å². The lowest BCUT2D eigenvalue weighted by molar-refractivity contribution is -0.141. The smallest absolute Gasteiger partial charge is 0.308 e. The van der Waals surface area contributed by atoms with E-state index in [9.17, 15) is 22.4 Å². The molecule has 2 N–H and O–H groups in total. The number of carboxylic acid groups (broad SMARTS) is 1. The number of benzene rings is 2. The lowest BCUT2D eigenvalue weighted by Gasteiger charge is -2.16. The molecule has 1 saturated heterocycles. The first-order valence-corrected chi connectivity index (χ1v) is 9.58. The van der Waals surface area contributed by atoms with Crippen LogP contribution in [0, 0.1) is 18.7 Å². The second kappa shape index (κ2) is 6.99. The van der Waals surface area contributed by atoms with Gasteiger partial charge in [-0.05, 0) is 48.9 Å². The van der Waals surface area contributed by atoms with Crippen molar-refractivity contribution < 1.29 is 27.5 Å². The Labute approximate surface area is 155 Å². The summed E-state index contributed by atoms with van der Waals surface area (Å²) in [6, 6.07) is 9.51. The van der Waals surface area contributed by atoms with Crippen LogP contribution < -0.4 is 9.62 Å². The van der Waals surface area contributed by atoms with Gasteiger partial charge >= 0.3 is 5.97 Å². The summed E-state index contributed by atoms with van der Waals surface area (Å²) in [5, 5.41) is 9.03. The van der Waals surface area contributed by atoms with Crippen LogP contribution in [0.3, 0.4) is 0 Å². The minimum atomic E-state index is -3.94. The Morgan fingerprint density at radius 1 is 1.22 bits per heavy atom. The van der Waals surface area contributed by atoms with Crippen molar-refractivity contribution in [2.75, 3.05) is 16.2 Å². The molecule has 2 aromatic rings. The summed E-state index contributed by atoms with van der Waals surface area (Å²) in [7, 11) is -3.94. The molecule has 9 heteroatoms. The molecular weight excluding hydrogens is 375 g/mol. The van der Waals surface area contributed by atoms with E-state index in [0.717, 1.165) is 6.07 Å². The van der Waals surface area contributed by atoms with Crippen molar-refractivity contribution in [1.29, 1.82) is 0 Å². The van der Waals surface area contributed by atoms with E-state index in [2.05, 4.69) is 4.72 Å². The first-order valence-electron chi connectivity index (χ1n) is 8.09. The monoisotopic (exact) mass is 392 g/mol. The molecule has 1 amide bonds. The van der Waals surface area contributed by atoms with Gasteiger partial charge in [0.05, 0.1) is 16.5 Å². The van der Waals surface area contributed by atoms with Crippen LogP contribution in [0.15, 0.2) is 47.4 Å². The number of nitrogens with zero attached hydrogens (tertiary/aromatic N) is 1. The maximum Gasteiger partial charge on any atom is 0.308 e. The highest BCUT2D eigenvalue weighted by Gasteiger charge is 2.35. The predicted molar refractivity (Wildman–Crippen MR) is 96.5 cm³/mol. The van der Waals surface area contributed by atoms with Gasteiger partial charge in [-0.15, -0.1) is 0 Å².